The quantitative estimate of drug-likeness (QED) is 0.397. The molecule has 0 saturated heterocycles. The Bertz CT molecular complexity index is 265. The van der Waals surface area contributed by atoms with Gasteiger partial charge in [-0.2, -0.15) is 0 Å². The number of hydrogen-bond acceptors (Lipinski definition) is 1. The van der Waals surface area contributed by atoms with Crippen LogP contribution in [0.3, 0.4) is 0 Å². The molecule has 0 radical (unpaired) electrons. The van der Waals surface area contributed by atoms with Crippen LogP contribution in [-0.2, 0) is 24.9 Å². The summed E-state index contributed by atoms with van der Waals surface area (Å²) >= 11 is 2.23. The Morgan fingerprint density at radius 3 is 2.44 bits per heavy atom. The normalized spacial score (nSPS) is 14.8. The fraction of sp³-hybridized carbons (Fsp3) is 0.636. The van der Waals surface area contributed by atoms with Crippen molar-refractivity contribution >= 4 is 8.32 Å². The second kappa shape index (κ2) is 8.96. The molecular weight excluding hydrogens is 295 g/mol. The van der Waals surface area contributed by atoms with Crippen LogP contribution in [0.5, 0.6) is 0 Å². The van der Waals surface area contributed by atoms with E-state index < -0.39 is 8.32 Å². The van der Waals surface area contributed by atoms with Crippen LogP contribution in [0, 0.1) is 0 Å². The minimum absolute atomic E-state index is 0. The summed E-state index contributed by atoms with van der Waals surface area (Å²) in [6.45, 7) is 7.74. The van der Waals surface area contributed by atoms with Gasteiger partial charge in [-0.15, -0.1) is 0 Å². The smallest absolute Gasteiger partial charge is 1.00 e. The van der Waals surface area contributed by atoms with Gasteiger partial charge in [0.2, 0.25) is 0 Å². The van der Waals surface area contributed by atoms with Gasteiger partial charge in [0.1, 0.15) is 0 Å². The monoisotopic (exact) mass is 313 g/mol. The van der Waals surface area contributed by atoms with E-state index in [1.165, 1.54) is 21.9 Å². The molecule has 0 fully saturated rings. The summed E-state index contributed by atoms with van der Waals surface area (Å²) in [5, 5.41) is 1.51. The van der Waals surface area contributed by atoms with Gasteiger partial charge in [0.05, 0.1) is 0 Å². The van der Waals surface area contributed by atoms with Crippen molar-refractivity contribution in [3.05, 3.63) is 21.2 Å². The van der Waals surface area contributed by atoms with Crippen molar-refractivity contribution in [2.75, 3.05) is 6.61 Å². The van der Waals surface area contributed by atoms with Crippen molar-refractivity contribution < 1.29 is 49.7 Å². The minimum atomic E-state index is -1.58. The number of hydrogen-bond donors (Lipinski definition) is 0. The molecule has 0 amide bonds. The minimum Gasteiger partial charge on any atom is -1.00 e. The van der Waals surface area contributed by atoms with Crippen LogP contribution >= 0.6 is 0 Å². The molecule has 0 aliphatic heterocycles. The van der Waals surface area contributed by atoms with Gasteiger partial charge >= 0.3 is 100 Å². The Balaban J connectivity index is 0. The number of allylic oxidation sites excluding steroid dienone is 4. The van der Waals surface area contributed by atoms with Crippen LogP contribution < -0.4 is 24.8 Å². The Morgan fingerprint density at radius 1 is 1.38 bits per heavy atom. The van der Waals surface area contributed by atoms with Crippen LogP contribution in [-0.4, -0.2) is 14.9 Å². The molecule has 0 spiro atoms. The van der Waals surface area contributed by atoms with Gasteiger partial charge in [-0.1, -0.05) is 0 Å². The van der Waals surface area contributed by atoms with E-state index in [1.807, 2.05) is 0 Å². The van der Waals surface area contributed by atoms with Crippen LogP contribution in [0.2, 0.25) is 13.1 Å². The van der Waals surface area contributed by atoms with E-state index in [2.05, 4.69) is 52.6 Å². The number of halogens is 2. The SMILES string of the molecule is CCCCO[Si](C)(C)C1=[C]([Ti+2])CC=C1.[Cl-].[Cl-]. The van der Waals surface area contributed by atoms with E-state index in [1.54, 1.807) is 0 Å². The first-order valence-electron chi connectivity index (χ1n) is 5.33. The molecule has 0 atom stereocenters. The zero-order valence-electron chi connectivity index (χ0n) is 10.1. The van der Waals surface area contributed by atoms with E-state index in [0.29, 0.717) is 0 Å². The Morgan fingerprint density at radius 2 is 2.00 bits per heavy atom. The van der Waals surface area contributed by atoms with Crippen molar-refractivity contribution in [3.8, 4) is 0 Å². The molecule has 1 aliphatic carbocycles. The van der Waals surface area contributed by atoms with Gasteiger partial charge < -0.3 is 24.8 Å². The molecule has 0 saturated carbocycles. The molecule has 0 aromatic carbocycles. The van der Waals surface area contributed by atoms with Gasteiger partial charge in [0.25, 0.3) is 0 Å². The van der Waals surface area contributed by atoms with Gasteiger partial charge in [-0.25, -0.2) is 0 Å². The average molecular weight is 314 g/mol. The Hall–Kier alpha value is 0.951. The number of rotatable bonds is 5. The predicted molar refractivity (Wildman–Crippen MR) is 59.1 cm³/mol. The molecule has 0 heterocycles. The molecule has 5 heteroatoms. The standard InChI is InChI=1S/C11H19OSi.2ClH.Ti/c1-4-5-10-12-13(2,3)11-8-6-7-9-11;;;/h6,8H,4-5,7,10H2,1-3H3;2*1H;/q;;;+2/p-2. The van der Waals surface area contributed by atoms with Crippen LogP contribution in [0.25, 0.3) is 0 Å². The molecule has 0 aromatic rings. The Labute approximate surface area is 124 Å². The maximum Gasteiger partial charge on any atom is -1.00 e. The van der Waals surface area contributed by atoms with Crippen molar-refractivity contribution in [3.63, 3.8) is 0 Å². The zero-order valence-corrected chi connectivity index (χ0v) is 14.2. The van der Waals surface area contributed by atoms with E-state index in [4.69, 9.17) is 4.43 Å². The molecule has 1 rings (SSSR count). The molecule has 1 aliphatic rings. The van der Waals surface area contributed by atoms with Crippen LogP contribution in [0.1, 0.15) is 26.2 Å². The van der Waals surface area contributed by atoms with Gasteiger partial charge in [0.15, 0.2) is 0 Å². The first-order chi connectivity index (χ1) is 6.58. The third-order valence-electron chi connectivity index (χ3n) is 2.54. The van der Waals surface area contributed by atoms with Crippen molar-refractivity contribution in [2.24, 2.45) is 0 Å². The van der Waals surface area contributed by atoms with Gasteiger partial charge in [-0.3, -0.25) is 0 Å². The van der Waals surface area contributed by atoms with E-state index in [0.717, 1.165) is 13.0 Å². The van der Waals surface area contributed by atoms with E-state index in [9.17, 15) is 0 Å². The molecule has 0 bridgehead atoms. The molecule has 0 N–H and O–H groups in total. The van der Waals surface area contributed by atoms with Crippen molar-refractivity contribution in [1.29, 1.82) is 0 Å². The zero-order chi connectivity index (χ0) is 10.6. The summed E-state index contributed by atoms with van der Waals surface area (Å²) in [7, 11) is -1.58. The summed E-state index contributed by atoms with van der Waals surface area (Å²) in [5.74, 6) is 0. The summed E-state index contributed by atoms with van der Waals surface area (Å²) < 4.78 is 7.57. The molecule has 91 valence electrons. The second-order valence-corrected chi connectivity index (χ2v) is 9.00. The molecule has 1 nitrogen and oxygen atoms in total. The second-order valence-electron chi connectivity index (χ2n) is 4.21. The van der Waals surface area contributed by atoms with E-state index in [-0.39, 0.29) is 24.8 Å². The topological polar surface area (TPSA) is 9.23 Å². The third-order valence-corrected chi connectivity index (χ3v) is 6.36. The molecular formula is C11H19Cl2OSiTi. The van der Waals surface area contributed by atoms with Gasteiger partial charge in [-0.05, 0) is 0 Å². The average Bonchev–Trinajstić information content (AvgIpc) is 2.52. The maximum atomic E-state index is 6.05. The summed E-state index contributed by atoms with van der Waals surface area (Å²) in [6, 6.07) is 0. The third kappa shape index (κ3) is 5.52. The Kier molecular flexibility index (Phi) is 10.8. The summed E-state index contributed by atoms with van der Waals surface area (Å²) in [6.07, 6.45) is 8.06. The predicted octanol–water partition coefficient (Wildman–Crippen LogP) is -2.68. The molecule has 0 unspecified atom stereocenters. The molecule has 16 heavy (non-hydrogen) atoms. The fourth-order valence-electron chi connectivity index (χ4n) is 1.62. The first kappa shape index (κ1) is 19.3. The maximum absolute atomic E-state index is 6.05. The number of unbranched alkanes of at least 4 members (excludes halogenated alkanes) is 1. The van der Waals surface area contributed by atoms with Gasteiger partial charge in [0, 0.05) is 0 Å². The summed E-state index contributed by atoms with van der Waals surface area (Å²) in [5.41, 5.74) is 0. The summed E-state index contributed by atoms with van der Waals surface area (Å²) in [4.78, 5) is 0. The van der Waals surface area contributed by atoms with Crippen molar-refractivity contribution in [1.82, 2.24) is 0 Å². The molecule has 0 aromatic heterocycles. The van der Waals surface area contributed by atoms with Crippen LogP contribution in [0.15, 0.2) is 21.2 Å². The largest absolute Gasteiger partial charge is 1.00 e. The fourth-order valence-corrected chi connectivity index (χ4v) is 5.50. The first-order valence-corrected chi connectivity index (χ1v) is 9.02. The van der Waals surface area contributed by atoms with Crippen molar-refractivity contribution in [2.45, 2.75) is 39.3 Å². The van der Waals surface area contributed by atoms with Crippen LogP contribution in [0.4, 0.5) is 0 Å². The van der Waals surface area contributed by atoms with E-state index >= 15 is 0 Å².